The van der Waals surface area contributed by atoms with Crippen molar-refractivity contribution in [2.75, 3.05) is 18.9 Å². The van der Waals surface area contributed by atoms with Crippen LogP contribution in [0.4, 0.5) is 14.6 Å². The topological polar surface area (TPSA) is 293 Å². The molecule has 2 saturated heterocycles. The number of phosphoric ester groups is 1. The van der Waals surface area contributed by atoms with Crippen molar-refractivity contribution in [3.05, 3.63) is 25.3 Å². The fourth-order valence-electron chi connectivity index (χ4n) is 5.08. The van der Waals surface area contributed by atoms with Crippen LogP contribution in [0.3, 0.4) is 0 Å². The van der Waals surface area contributed by atoms with E-state index < -0.39 is 107 Å². The Labute approximate surface area is 291 Å². The zero-order chi connectivity index (χ0) is 38.1. The van der Waals surface area contributed by atoms with Crippen LogP contribution in [-0.2, 0) is 67.8 Å². The van der Waals surface area contributed by atoms with E-state index in [4.69, 9.17) is 45.5 Å². The van der Waals surface area contributed by atoms with Crippen molar-refractivity contribution in [3.8, 4) is 0 Å². The smallest absolute Gasteiger partial charge is 0.463 e. The molecule has 0 bridgehead atoms. The predicted molar refractivity (Wildman–Crippen MR) is 165 cm³/mol. The second-order valence-electron chi connectivity index (χ2n) is 10.9. The molecule has 51 heavy (non-hydrogen) atoms. The van der Waals surface area contributed by atoms with Crippen LogP contribution < -0.4 is 5.73 Å². The quantitative estimate of drug-likeness (QED) is 0.0715. The first-order chi connectivity index (χ1) is 23.7. The van der Waals surface area contributed by atoms with Crippen LogP contribution in [0.2, 0.25) is 0 Å². The number of imidazole rings is 1. The highest BCUT2D eigenvalue weighted by Crippen LogP contribution is 2.62. The molecule has 0 spiro atoms. The van der Waals surface area contributed by atoms with E-state index in [0.29, 0.717) is 0 Å². The Kier molecular flexibility index (Phi) is 12.6. The van der Waals surface area contributed by atoms with Crippen LogP contribution >= 0.6 is 14.5 Å². The van der Waals surface area contributed by atoms with Gasteiger partial charge in [-0.2, -0.15) is 0 Å². The van der Waals surface area contributed by atoms with Gasteiger partial charge in [-0.15, -0.1) is 0 Å². The third-order valence-corrected chi connectivity index (χ3v) is 10.8. The lowest BCUT2D eigenvalue weighted by molar-refractivity contribution is -0.293. The first kappa shape index (κ1) is 40.6. The van der Waals surface area contributed by atoms with Gasteiger partial charge in [-0.3, -0.25) is 23.5 Å². The first-order valence-electron chi connectivity index (χ1n) is 14.4. The molecule has 2 fully saturated rings. The first-order valence-corrected chi connectivity index (χ1v) is 18.5. The number of carbonyl (C=O) groups is 3. The van der Waals surface area contributed by atoms with Gasteiger partial charge in [0.15, 0.2) is 36.1 Å². The number of ether oxygens (including phenoxy) is 5. The molecule has 7 unspecified atom stereocenters. The van der Waals surface area contributed by atoms with Gasteiger partial charge in [0, 0.05) is 20.8 Å². The van der Waals surface area contributed by atoms with Gasteiger partial charge in [-0.05, 0) is 17.9 Å². The normalized spacial score (nSPS) is 32.3. The van der Waals surface area contributed by atoms with Gasteiger partial charge in [0.1, 0.15) is 42.9 Å². The van der Waals surface area contributed by atoms with E-state index in [0.717, 1.165) is 44.1 Å². The van der Waals surface area contributed by atoms with Crippen molar-refractivity contribution in [1.29, 1.82) is 0 Å². The van der Waals surface area contributed by atoms with Crippen LogP contribution in [0.15, 0.2) is 25.3 Å². The molecule has 12 atom stereocenters. The number of halogens is 2. The van der Waals surface area contributed by atoms with Crippen LogP contribution in [0.5, 0.6) is 0 Å². The number of aromatic nitrogens is 4. The summed E-state index contributed by atoms with van der Waals surface area (Å²) in [6.07, 6.45) is -15.5. The number of anilines is 1. The summed E-state index contributed by atoms with van der Waals surface area (Å²) in [5, 5.41) is 21.7. The summed E-state index contributed by atoms with van der Waals surface area (Å²) < 4.78 is 85.3. The van der Waals surface area contributed by atoms with Gasteiger partial charge >= 0.3 is 32.4 Å². The molecule has 6 N–H and O–H groups in total. The van der Waals surface area contributed by atoms with Crippen LogP contribution in [-0.4, -0.2) is 125 Å². The monoisotopic (exact) mass is 791 g/mol. The van der Waals surface area contributed by atoms with Gasteiger partial charge in [-0.1, -0.05) is 6.58 Å². The average Bonchev–Trinajstić information content (AvgIpc) is 3.56. The molecule has 0 aromatic carbocycles. The number of alkyl halides is 2. The summed E-state index contributed by atoms with van der Waals surface area (Å²) in [6.45, 7) is -0.784. The predicted octanol–water partition coefficient (Wildman–Crippen LogP) is -0.221. The van der Waals surface area contributed by atoms with Crippen molar-refractivity contribution >= 4 is 61.2 Å². The van der Waals surface area contributed by atoms with Gasteiger partial charge in [-0.25, -0.2) is 32.6 Å². The van der Waals surface area contributed by atoms with E-state index in [-0.39, 0.29) is 17.0 Å². The van der Waals surface area contributed by atoms with Gasteiger partial charge in [0.05, 0.1) is 12.9 Å². The highest BCUT2D eigenvalue weighted by atomic mass is 32.5. The van der Waals surface area contributed by atoms with Crippen LogP contribution in [0.1, 0.15) is 27.0 Å². The Morgan fingerprint density at radius 2 is 1.78 bits per heavy atom. The van der Waals surface area contributed by atoms with E-state index in [9.17, 15) is 38.9 Å². The third-order valence-electron chi connectivity index (χ3n) is 7.25. The minimum absolute atomic E-state index is 0.0214. The molecule has 0 amide bonds. The number of carbonyl (C=O) groups excluding carboxylic acids is 3. The lowest BCUT2D eigenvalue weighted by Gasteiger charge is -2.43. The highest BCUT2D eigenvalue weighted by Gasteiger charge is 2.58. The fraction of sp³-hybridized carbons (Fsp3) is 0.600. The zero-order valence-corrected chi connectivity index (χ0v) is 29.3. The molecule has 26 heteroatoms. The van der Waals surface area contributed by atoms with Crippen LogP contribution in [0.25, 0.3) is 11.2 Å². The minimum Gasteiger partial charge on any atom is -0.463 e. The fourth-order valence-corrected chi connectivity index (χ4v) is 8.18. The summed E-state index contributed by atoms with van der Waals surface area (Å²) in [7, 11) is -5.72. The third kappa shape index (κ3) is 9.28. The zero-order valence-electron chi connectivity index (χ0n) is 26.7. The molecule has 4 heterocycles. The molecule has 0 radical (unpaired) electrons. The summed E-state index contributed by atoms with van der Waals surface area (Å²) in [5.74, 6) is -3.13. The van der Waals surface area contributed by atoms with E-state index >= 15 is 8.78 Å². The lowest BCUT2D eigenvalue weighted by Crippen LogP contribution is -2.63. The average molecular weight is 792 g/mol. The van der Waals surface area contributed by atoms with E-state index in [2.05, 4.69) is 30.6 Å². The SMILES string of the molecule is C=C[C@@]1(F)[C@H](O)[C@@H](COP(O)(=S)OP(=O)(O)OC2OC([C@@H](F)COC(C)=O)C(OC(C)=O)C(O)C2OC(C)=O)O[C@H]1n1cnc2c(N)ncnc21. The second kappa shape index (κ2) is 15.9. The summed E-state index contributed by atoms with van der Waals surface area (Å²) >= 11 is 4.79. The number of nitrogens with zero attached hydrogens (tertiary/aromatic N) is 4. The number of aliphatic hydroxyl groups excluding tert-OH is 2. The van der Waals surface area contributed by atoms with Crippen molar-refractivity contribution in [3.63, 3.8) is 0 Å². The van der Waals surface area contributed by atoms with Gasteiger partial charge in [0.25, 0.3) is 0 Å². The number of fused-ring (bicyclic) bond motifs is 1. The molecule has 2 aromatic heterocycles. The Bertz CT molecular complexity index is 1740. The minimum atomic E-state index is -5.72. The molecule has 0 saturated carbocycles. The number of hydrogen-bond acceptors (Lipinski definition) is 19. The van der Waals surface area contributed by atoms with Crippen molar-refractivity contribution < 1.29 is 84.8 Å². The Morgan fingerprint density at radius 1 is 1.14 bits per heavy atom. The summed E-state index contributed by atoms with van der Waals surface area (Å²) in [6, 6.07) is 0. The number of nitrogen functional groups attached to an aromatic ring is 1. The molecule has 0 aliphatic carbocycles. The maximum absolute atomic E-state index is 16.1. The molecule has 21 nitrogen and oxygen atoms in total. The molecular weight excluding hydrogens is 758 g/mol. The summed E-state index contributed by atoms with van der Waals surface area (Å²) in [4.78, 5) is 67.7. The largest absolute Gasteiger partial charge is 0.481 e. The van der Waals surface area contributed by atoms with Gasteiger partial charge < -0.3 is 53.9 Å². The van der Waals surface area contributed by atoms with Crippen molar-refractivity contribution in [1.82, 2.24) is 19.5 Å². The van der Waals surface area contributed by atoms with E-state index in [1.807, 2.05) is 0 Å². The number of hydrogen-bond donors (Lipinski definition) is 5. The molecule has 2 aromatic rings. The summed E-state index contributed by atoms with van der Waals surface area (Å²) in [5.41, 5.74) is 3.16. The lowest BCUT2D eigenvalue weighted by atomic mass is 9.95. The van der Waals surface area contributed by atoms with Crippen molar-refractivity contribution in [2.45, 2.75) is 81.8 Å². The molecule has 284 valence electrons. The number of esters is 3. The maximum Gasteiger partial charge on any atom is 0.481 e. The Balaban J connectivity index is 1.50. The van der Waals surface area contributed by atoms with E-state index in [1.165, 1.54) is 0 Å². The molecule has 2 aliphatic heterocycles. The molecule has 2 aliphatic rings. The number of aliphatic hydroxyl groups is 2. The number of phosphoric acid groups is 1. The number of rotatable bonds is 14. The number of nitrogens with two attached hydrogens (primary N) is 1. The van der Waals surface area contributed by atoms with Crippen molar-refractivity contribution in [2.24, 2.45) is 0 Å². The van der Waals surface area contributed by atoms with E-state index in [1.54, 1.807) is 0 Å². The standard InChI is InChI=1S/C25H33F2N5O16P2S/c1-5-25(27)20(37)14(45-24(25)32-9-31-15-21(28)29-8-30-22(15)32)7-42-50(40,51)48-49(38,39)47-23-19(44-12(4)35)16(36)18(43-11(3)34)17(46-23)13(26)6-41-10(2)33/h5,8-9,13-14,16-20,23-24,36-37H,1,6-7H2,2-4H3,(H,38,39)(H,40,51)(H2,28,29,30)/t13-,14+,16?,17?,18?,19?,20+,23?,24+,25+,50?/m0/s1. The molecule has 4 rings (SSSR count). The van der Waals surface area contributed by atoms with Crippen LogP contribution in [0, 0.1) is 0 Å². The maximum atomic E-state index is 16.1. The Morgan fingerprint density at radius 3 is 2.39 bits per heavy atom. The van der Waals surface area contributed by atoms with Gasteiger partial charge in [0.2, 0.25) is 12.0 Å². The molecular formula is C25H33F2N5O16P2S. The highest BCUT2D eigenvalue weighted by molar-refractivity contribution is 8.08. The Hall–Kier alpha value is -3.12. The second-order valence-corrected chi connectivity index (χ2v) is 15.3.